The number of benzene rings is 1. The molecule has 1 unspecified atom stereocenters. The topological polar surface area (TPSA) is 44.5 Å². The molecular formula is C14H14BrNO2S. The summed E-state index contributed by atoms with van der Waals surface area (Å²) < 4.78 is 12.4. The Balaban J connectivity index is 1.93. The van der Waals surface area contributed by atoms with Crippen LogP contribution in [0.2, 0.25) is 0 Å². The molecule has 100 valence electrons. The molecule has 1 aromatic heterocycles. The number of rotatable bonds is 2. The first-order chi connectivity index (χ1) is 9.17. The molecule has 1 aromatic carbocycles. The molecule has 0 radical (unpaired) electrons. The van der Waals surface area contributed by atoms with Crippen LogP contribution in [-0.2, 0) is 0 Å². The van der Waals surface area contributed by atoms with Gasteiger partial charge in [0, 0.05) is 38.8 Å². The Hall–Kier alpha value is -1.04. The Labute approximate surface area is 124 Å². The summed E-state index contributed by atoms with van der Waals surface area (Å²) in [4.78, 5) is 1.19. The molecule has 0 bridgehead atoms. The molecule has 1 aliphatic rings. The third-order valence-corrected chi connectivity index (χ3v) is 5.05. The first-order valence-corrected chi connectivity index (χ1v) is 7.68. The van der Waals surface area contributed by atoms with Gasteiger partial charge in [0.05, 0.1) is 7.11 Å². The predicted octanol–water partition coefficient (Wildman–Crippen LogP) is 4.04. The molecule has 0 aliphatic carbocycles. The molecule has 3 rings (SSSR count). The monoisotopic (exact) mass is 339 g/mol. The maximum Gasteiger partial charge on any atom is 0.135 e. The van der Waals surface area contributed by atoms with E-state index in [0.717, 1.165) is 28.0 Å². The molecule has 1 aliphatic heterocycles. The minimum absolute atomic E-state index is 0.000492. The number of thiophene rings is 1. The van der Waals surface area contributed by atoms with E-state index in [2.05, 4.69) is 27.4 Å². The SMILES string of the molecule is COc1ccc2c(c1)OC(c1cc(Br)cs1)C[C@H]2N. The molecule has 2 N–H and O–H groups in total. The van der Waals surface area contributed by atoms with Gasteiger partial charge in [-0.1, -0.05) is 6.07 Å². The number of ether oxygens (including phenoxy) is 2. The fourth-order valence-corrected chi connectivity index (χ4v) is 3.77. The Morgan fingerprint density at radius 1 is 1.42 bits per heavy atom. The highest BCUT2D eigenvalue weighted by atomic mass is 79.9. The van der Waals surface area contributed by atoms with Gasteiger partial charge in [-0.2, -0.15) is 0 Å². The Morgan fingerprint density at radius 3 is 2.95 bits per heavy atom. The number of methoxy groups -OCH3 is 1. The Bertz CT molecular complexity index is 599. The van der Waals surface area contributed by atoms with E-state index >= 15 is 0 Å². The quantitative estimate of drug-likeness (QED) is 0.897. The molecule has 19 heavy (non-hydrogen) atoms. The minimum atomic E-state index is 0.000492. The molecule has 0 spiro atoms. The van der Waals surface area contributed by atoms with E-state index in [1.807, 2.05) is 18.2 Å². The summed E-state index contributed by atoms with van der Waals surface area (Å²) in [5.74, 6) is 1.62. The van der Waals surface area contributed by atoms with Crippen LogP contribution in [0, 0.1) is 0 Å². The van der Waals surface area contributed by atoms with Crippen LogP contribution in [0.25, 0.3) is 0 Å². The molecule has 2 aromatic rings. The molecule has 0 amide bonds. The van der Waals surface area contributed by atoms with E-state index in [9.17, 15) is 0 Å². The fourth-order valence-electron chi connectivity index (χ4n) is 2.28. The van der Waals surface area contributed by atoms with Crippen molar-refractivity contribution in [1.29, 1.82) is 0 Å². The molecule has 0 fully saturated rings. The summed E-state index contributed by atoms with van der Waals surface area (Å²) in [5.41, 5.74) is 7.29. The van der Waals surface area contributed by atoms with Gasteiger partial charge in [-0.05, 0) is 28.1 Å². The fraction of sp³-hybridized carbons (Fsp3) is 0.286. The van der Waals surface area contributed by atoms with Gasteiger partial charge in [0.1, 0.15) is 17.6 Å². The molecule has 0 saturated heterocycles. The standard InChI is InChI=1S/C14H14BrNO2S/c1-17-9-2-3-10-11(16)6-13(18-12(10)5-9)14-4-8(15)7-19-14/h2-5,7,11,13H,6,16H2,1H3/t11-,13?/m1/s1. The van der Waals surface area contributed by atoms with E-state index in [1.165, 1.54) is 4.88 Å². The van der Waals surface area contributed by atoms with Crippen molar-refractivity contribution < 1.29 is 9.47 Å². The van der Waals surface area contributed by atoms with Gasteiger partial charge in [-0.25, -0.2) is 0 Å². The third kappa shape index (κ3) is 2.50. The normalized spacial score (nSPS) is 21.6. The van der Waals surface area contributed by atoms with Gasteiger partial charge in [-0.3, -0.25) is 0 Å². The highest BCUT2D eigenvalue weighted by molar-refractivity contribution is 9.10. The first-order valence-electron chi connectivity index (χ1n) is 6.01. The lowest BCUT2D eigenvalue weighted by Gasteiger charge is -2.30. The molecule has 2 atom stereocenters. The van der Waals surface area contributed by atoms with Crippen molar-refractivity contribution in [2.75, 3.05) is 7.11 Å². The van der Waals surface area contributed by atoms with Crippen LogP contribution in [0.1, 0.15) is 29.0 Å². The maximum atomic E-state index is 6.24. The first kappa shape index (κ1) is 13.0. The summed E-state index contributed by atoms with van der Waals surface area (Å²) in [6.45, 7) is 0. The zero-order chi connectivity index (χ0) is 13.4. The van der Waals surface area contributed by atoms with Crippen LogP contribution < -0.4 is 15.2 Å². The maximum absolute atomic E-state index is 6.24. The van der Waals surface area contributed by atoms with Crippen molar-refractivity contribution in [3.05, 3.63) is 44.6 Å². The Kier molecular flexibility index (Phi) is 3.52. The van der Waals surface area contributed by atoms with Crippen molar-refractivity contribution in [2.45, 2.75) is 18.6 Å². The lowest BCUT2D eigenvalue weighted by Crippen LogP contribution is -2.23. The van der Waals surface area contributed by atoms with E-state index < -0.39 is 0 Å². The van der Waals surface area contributed by atoms with Gasteiger partial charge in [0.15, 0.2) is 0 Å². The predicted molar refractivity (Wildman–Crippen MR) is 79.9 cm³/mol. The lowest BCUT2D eigenvalue weighted by molar-refractivity contribution is 0.164. The van der Waals surface area contributed by atoms with Crippen LogP contribution in [0.5, 0.6) is 11.5 Å². The van der Waals surface area contributed by atoms with E-state index in [-0.39, 0.29) is 12.1 Å². The number of halogens is 1. The van der Waals surface area contributed by atoms with Crippen molar-refractivity contribution in [2.24, 2.45) is 5.73 Å². The smallest absolute Gasteiger partial charge is 0.135 e. The van der Waals surface area contributed by atoms with Crippen molar-refractivity contribution in [3.63, 3.8) is 0 Å². The van der Waals surface area contributed by atoms with Gasteiger partial charge in [-0.15, -0.1) is 11.3 Å². The summed E-state index contributed by atoms with van der Waals surface area (Å²) in [6.07, 6.45) is 0.817. The van der Waals surface area contributed by atoms with E-state index in [0.29, 0.717) is 0 Å². The summed E-state index contributed by atoms with van der Waals surface area (Å²) in [7, 11) is 1.65. The summed E-state index contributed by atoms with van der Waals surface area (Å²) in [6, 6.07) is 7.90. The van der Waals surface area contributed by atoms with Crippen molar-refractivity contribution in [1.82, 2.24) is 0 Å². The van der Waals surface area contributed by atoms with Crippen LogP contribution in [0.15, 0.2) is 34.1 Å². The Morgan fingerprint density at radius 2 is 2.26 bits per heavy atom. The number of nitrogens with two attached hydrogens (primary N) is 1. The van der Waals surface area contributed by atoms with Gasteiger partial charge < -0.3 is 15.2 Å². The van der Waals surface area contributed by atoms with Gasteiger partial charge in [0.2, 0.25) is 0 Å². The minimum Gasteiger partial charge on any atom is -0.497 e. The number of hydrogen-bond acceptors (Lipinski definition) is 4. The molecule has 3 nitrogen and oxygen atoms in total. The van der Waals surface area contributed by atoms with E-state index in [4.69, 9.17) is 15.2 Å². The zero-order valence-electron chi connectivity index (χ0n) is 10.4. The van der Waals surface area contributed by atoms with E-state index in [1.54, 1.807) is 18.4 Å². The average molecular weight is 340 g/mol. The summed E-state index contributed by atoms with van der Waals surface area (Å²) >= 11 is 5.16. The van der Waals surface area contributed by atoms with Crippen LogP contribution in [0.4, 0.5) is 0 Å². The van der Waals surface area contributed by atoms with Crippen molar-refractivity contribution >= 4 is 27.3 Å². The zero-order valence-corrected chi connectivity index (χ0v) is 12.8. The highest BCUT2D eigenvalue weighted by Crippen LogP contribution is 2.42. The van der Waals surface area contributed by atoms with Crippen molar-refractivity contribution in [3.8, 4) is 11.5 Å². The van der Waals surface area contributed by atoms with Crippen LogP contribution in [0.3, 0.4) is 0 Å². The molecule has 5 heteroatoms. The molecule has 0 saturated carbocycles. The number of hydrogen-bond donors (Lipinski definition) is 1. The molecular weight excluding hydrogens is 326 g/mol. The largest absolute Gasteiger partial charge is 0.497 e. The van der Waals surface area contributed by atoms with Crippen LogP contribution >= 0.6 is 27.3 Å². The lowest BCUT2D eigenvalue weighted by atomic mass is 9.96. The van der Waals surface area contributed by atoms with Crippen LogP contribution in [-0.4, -0.2) is 7.11 Å². The third-order valence-electron chi connectivity index (χ3n) is 3.26. The summed E-state index contributed by atoms with van der Waals surface area (Å²) in [5, 5.41) is 2.06. The average Bonchev–Trinajstić information content (AvgIpc) is 2.84. The highest BCUT2D eigenvalue weighted by Gasteiger charge is 2.28. The second-order valence-electron chi connectivity index (χ2n) is 4.52. The number of fused-ring (bicyclic) bond motifs is 1. The second-order valence-corrected chi connectivity index (χ2v) is 6.38. The second kappa shape index (κ2) is 5.15. The van der Waals surface area contributed by atoms with Gasteiger partial charge >= 0.3 is 0 Å². The molecule has 2 heterocycles. The van der Waals surface area contributed by atoms with Gasteiger partial charge in [0.25, 0.3) is 0 Å².